The molecule has 0 radical (unpaired) electrons. The molecule has 1 amide bonds. The monoisotopic (exact) mass is 413 g/mol. The van der Waals surface area contributed by atoms with E-state index in [1.54, 1.807) is 0 Å². The molecule has 0 aliphatic rings. The van der Waals surface area contributed by atoms with Gasteiger partial charge in [-0.05, 0) is 49.7 Å². The summed E-state index contributed by atoms with van der Waals surface area (Å²) < 4.78 is 10.5. The van der Waals surface area contributed by atoms with Crippen LogP contribution in [0.1, 0.15) is 36.7 Å². The molecule has 3 aromatic rings. The molecule has 0 atom stereocenters. The molecule has 0 aliphatic heterocycles. The predicted octanol–water partition coefficient (Wildman–Crippen LogP) is 3.17. The fraction of sp³-hybridized carbons (Fsp3) is 0.500. The van der Waals surface area contributed by atoms with Crippen LogP contribution in [-0.2, 0) is 24.0 Å². The van der Waals surface area contributed by atoms with Gasteiger partial charge in [-0.25, -0.2) is 4.79 Å². The molecule has 0 unspecified atom stereocenters. The molecule has 162 valence electrons. The zero-order valence-corrected chi connectivity index (χ0v) is 18.2. The summed E-state index contributed by atoms with van der Waals surface area (Å²) in [6.45, 7) is 5.79. The number of nitrogens with zero attached hydrogens (tertiary/aromatic N) is 3. The van der Waals surface area contributed by atoms with Gasteiger partial charge >= 0.3 is 6.09 Å². The number of fused-ring (bicyclic) bond motifs is 1. The maximum atomic E-state index is 11.6. The highest BCUT2D eigenvalue weighted by molar-refractivity contribution is 5.84. The van der Waals surface area contributed by atoms with Crippen molar-refractivity contribution in [1.29, 1.82) is 0 Å². The van der Waals surface area contributed by atoms with E-state index in [9.17, 15) is 4.79 Å². The van der Waals surface area contributed by atoms with Crippen molar-refractivity contribution >= 4 is 17.0 Å². The number of hydrogen-bond acceptors (Lipinski definition) is 6. The molecule has 0 spiro atoms. The van der Waals surface area contributed by atoms with Crippen molar-refractivity contribution in [2.24, 2.45) is 5.92 Å². The molecule has 0 bridgehead atoms. The molecule has 8 heteroatoms. The number of aromatic nitrogens is 3. The highest BCUT2D eigenvalue weighted by Gasteiger charge is 2.11. The largest absolute Gasteiger partial charge is 0.449 e. The lowest BCUT2D eigenvalue weighted by atomic mass is 10.1. The van der Waals surface area contributed by atoms with Crippen LogP contribution in [-0.4, -0.2) is 59.9 Å². The van der Waals surface area contributed by atoms with Crippen molar-refractivity contribution in [3.05, 3.63) is 47.2 Å². The average Bonchev–Trinajstić information content (AvgIpc) is 3.31. The van der Waals surface area contributed by atoms with E-state index < -0.39 is 6.09 Å². The van der Waals surface area contributed by atoms with Gasteiger partial charge in [0.05, 0.1) is 13.0 Å². The molecule has 0 saturated heterocycles. The van der Waals surface area contributed by atoms with Gasteiger partial charge < -0.3 is 24.5 Å². The summed E-state index contributed by atoms with van der Waals surface area (Å²) in [7, 11) is 4.16. The van der Waals surface area contributed by atoms with Gasteiger partial charge in [0.15, 0.2) is 5.82 Å². The fourth-order valence-corrected chi connectivity index (χ4v) is 3.09. The Bertz CT molecular complexity index is 961. The first kappa shape index (κ1) is 21.8. The number of H-pyrrole nitrogens is 1. The minimum absolute atomic E-state index is 0.310. The summed E-state index contributed by atoms with van der Waals surface area (Å²) in [4.78, 5) is 21.5. The number of benzene rings is 1. The molecule has 0 fully saturated rings. The van der Waals surface area contributed by atoms with E-state index in [4.69, 9.17) is 9.26 Å². The Balaban J connectivity index is 1.54. The van der Waals surface area contributed by atoms with Gasteiger partial charge in [-0.15, -0.1) is 0 Å². The second-order valence-electron chi connectivity index (χ2n) is 8.20. The minimum atomic E-state index is -0.419. The molecule has 8 nitrogen and oxygen atoms in total. The minimum Gasteiger partial charge on any atom is -0.449 e. The van der Waals surface area contributed by atoms with Gasteiger partial charge in [-0.1, -0.05) is 25.1 Å². The van der Waals surface area contributed by atoms with Crippen molar-refractivity contribution in [1.82, 2.24) is 25.3 Å². The predicted molar refractivity (Wildman–Crippen MR) is 116 cm³/mol. The first-order valence-corrected chi connectivity index (χ1v) is 10.4. The third kappa shape index (κ3) is 6.32. The fourth-order valence-electron chi connectivity index (χ4n) is 3.09. The van der Waals surface area contributed by atoms with Crippen LogP contribution in [0.5, 0.6) is 0 Å². The Morgan fingerprint density at radius 3 is 2.90 bits per heavy atom. The normalized spacial score (nSPS) is 11.5. The quantitative estimate of drug-likeness (QED) is 0.530. The van der Waals surface area contributed by atoms with Crippen molar-refractivity contribution in [3.8, 4) is 0 Å². The molecule has 2 aromatic heterocycles. The van der Waals surface area contributed by atoms with Crippen LogP contribution in [0.25, 0.3) is 10.9 Å². The zero-order valence-electron chi connectivity index (χ0n) is 18.2. The number of hydrogen-bond donors (Lipinski definition) is 2. The summed E-state index contributed by atoms with van der Waals surface area (Å²) in [6, 6.07) is 6.35. The Morgan fingerprint density at radius 2 is 2.13 bits per heavy atom. The molecule has 0 aliphatic carbocycles. The maximum Gasteiger partial charge on any atom is 0.407 e. The van der Waals surface area contributed by atoms with Gasteiger partial charge in [-0.3, -0.25) is 0 Å². The van der Waals surface area contributed by atoms with E-state index in [2.05, 4.69) is 63.8 Å². The van der Waals surface area contributed by atoms with Crippen LogP contribution in [0.2, 0.25) is 0 Å². The highest BCUT2D eigenvalue weighted by Crippen LogP contribution is 2.22. The van der Waals surface area contributed by atoms with Crippen LogP contribution in [0.3, 0.4) is 0 Å². The molecular formula is C22H31N5O3. The summed E-state index contributed by atoms with van der Waals surface area (Å²) >= 11 is 0. The van der Waals surface area contributed by atoms with Crippen molar-refractivity contribution in [2.75, 3.05) is 33.8 Å². The Hall–Kier alpha value is -2.87. The smallest absolute Gasteiger partial charge is 0.407 e. The van der Waals surface area contributed by atoms with Crippen LogP contribution in [0, 0.1) is 5.92 Å². The molecule has 1 aromatic carbocycles. The van der Waals surface area contributed by atoms with E-state index in [0.29, 0.717) is 43.6 Å². The van der Waals surface area contributed by atoms with E-state index in [1.165, 1.54) is 10.9 Å². The van der Waals surface area contributed by atoms with Crippen LogP contribution in [0.4, 0.5) is 4.79 Å². The number of alkyl carbamates (subject to hydrolysis) is 1. The van der Waals surface area contributed by atoms with Gasteiger partial charge in [0, 0.05) is 36.6 Å². The molecule has 30 heavy (non-hydrogen) atoms. The van der Waals surface area contributed by atoms with Gasteiger partial charge in [0.2, 0.25) is 5.89 Å². The van der Waals surface area contributed by atoms with Crippen LogP contribution < -0.4 is 5.32 Å². The molecule has 2 N–H and O–H groups in total. The second kappa shape index (κ2) is 10.2. The SMILES string of the molecule is CC(C)COC(=O)NCCc1noc(Cc2ccc3[nH]cc(CCN(C)C)c3c2)n1. The second-order valence-corrected chi connectivity index (χ2v) is 8.20. The number of rotatable bonds is 10. The summed E-state index contributed by atoms with van der Waals surface area (Å²) in [5.74, 6) is 1.45. The lowest BCUT2D eigenvalue weighted by Gasteiger charge is -2.08. The van der Waals surface area contributed by atoms with E-state index >= 15 is 0 Å². The average molecular weight is 414 g/mol. The standard InChI is InChI=1S/C22H31N5O3/c1-15(2)14-29-22(28)23-9-7-20-25-21(30-26-20)12-16-5-6-19-18(11-16)17(13-24-19)8-10-27(3)4/h5-6,11,13,15,24H,7-10,12,14H2,1-4H3,(H,23,28). The van der Waals surface area contributed by atoms with Crippen molar-refractivity contribution < 1.29 is 14.1 Å². The summed E-state index contributed by atoms with van der Waals surface area (Å²) in [6.07, 6.45) is 3.73. The molecule has 3 rings (SSSR count). The van der Waals surface area contributed by atoms with E-state index in [1.807, 2.05) is 13.8 Å². The number of nitrogens with one attached hydrogen (secondary N) is 2. The topological polar surface area (TPSA) is 96.3 Å². The van der Waals surface area contributed by atoms with Crippen LogP contribution in [0.15, 0.2) is 28.9 Å². The maximum absolute atomic E-state index is 11.6. The number of likely N-dealkylation sites (N-methyl/N-ethyl adjacent to an activating group) is 1. The Kier molecular flexibility index (Phi) is 7.46. The number of aromatic amines is 1. The first-order chi connectivity index (χ1) is 14.4. The van der Waals surface area contributed by atoms with E-state index in [-0.39, 0.29) is 0 Å². The summed E-state index contributed by atoms with van der Waals surface area (Å²) in [5, 5.41) is 7.95. The van der Waals surface area contributed by atoms with E-state index in [0.717, 1.165) is 24.0 Å². The van der Waals surface area contributed by atoms with Crippen LogP contribution >= 0.6 is 0 Å². The third-order valence-electron chi connectivity index (χ3n) is 4.69. The Morgan fingerprint density at radius 1 is 1.30 bits per heavy atom. The van der Waals surface area contributed by atoms with Crippen molar-refractivity contribution in [2.45, 2.75) is 33.1 Å². The van der Waals surface area contributed by atoms with Gasteiger partial charge in [0.25, 0.3) is 0 Å². The number of carbonyl (C=O) groups excluding carboxylic acids is 1. The third-order valence-corrected chi connectivity index (χ3v) is 4.69. The Labute approximate surface area is 177 Å². The lowest BCUT2D eigenvalue weighted by molar-refractivity contribution is 0.133. The number of amides is 1. The summed E-state index contributed by atoms with van der Waals surface area (Å²) in [5.41, 5.74) is 3.56. The van der Waals surface area contributed by atoms with Crippen molar-refractivity contribution in [3.63, 3.8) is 0 Å². The zero-order chi connectivity index (χ0) is 21.5. The highest BCUT2D eigenvalue weighted by atomic mass is 16.5. The first-order valence-electron chi connectivity index (χ1n) is 10.4. The molecule has 2 heterocycles. The lowest BCUT2D eigenvalue weighted by Crippen LogP contribution is -2.27. The van der Waals surface area contributed by atoms with Gasteiger partial charge in [0.1, 0.15) is 0 Å². The van der Waals surface area contributed by atoms with Gasteiger partial charge in [-0.2, -0.15) is 4.98 Å². The number of ether oxygens (including phenoxy) is 1. The molecular weight excluding hydrogens is 382 g/mol. The molecule has 0 saturated carbocycles. The number of carbonyl (C=O) groups is 1.